The van der Waals surface area contributed by atoms with Crippen molar-refractivity contribution >= 4 is 5.69 Å². The summed E-state index contributed by atoms with van der Waals surface area (Å²) in [5.41, 5.74) is 2.53. The summed E-state index contributed by atoms with van der Waals surface area (Å²) >= 11 is 0. The van der Waals surface area contributed by atoms with Crippen molar-refractivity contribution in [1.82, 2.24) is 0 Å². The van der Waals surface area contributed by atoms with Crippen molar-refractivity contribution in [3.8, 4) is 5.75 Å². The Morgan fingerprint density at radius 2 is 2.07 bits per heavy atom. The van der Waals surface area contributed by atoms with Gasteiger partial charge in [0.15, 0.2) is 0 Å². The monoisotopic (exact) mass is 205 g/mol. The average molecular weight is 205 g/mol. The Kier molecular flexibility index (Phi) is 2.59. The lowest BCUT2D eigenvalue weighted by molar-refractivity contribution is 0.131. The van der Waals surface area contributed by atoms with E-state index < -0.39 is 0 Å². The van der Waals surface area contributed by atoms with Crippen molar-refractivity contribution < 1.29 is 4.74 Å². The van der Waals surface area contributed by atoms with E-state index in [1.165, 1.54) is 17.7 Å². The molecule has 0 aliphatic carbocycles. The smallest absolute Gasteiger partial charge is 0.120 e. The molecule has 0 bridgehead atoms. The van der Waals surface area contributed by atoms with E-state index in [-0.39, 0.29) is 5.60 Å². The van der Waals surface area contributed by atoms with E-state index in [0.717, 1.165) is 18.7 Å². The molecule has 2 rings (SSSR count). The van der Waals surface area contributed by atoms with Crippen molar-refractivity contribution in [1.29, 1.82) is 0 Å². The fraction of sp³-hybridized carbons (Fsp3) is 0.538. The number of ether oxygens (including phenoxy) is 1. The summed E-state index contributed by atoms with van der Waals surface area (Å²) in [4.78, 5) is 0. The molecule has 2 heteroatoms. The molecule has 0 fully saturated rings. The Bertz CT molecular complexity index is 352. The lowest BCUT2D eigenvalue weighted by Gasteiger charge is -2.24. The van der Waals surface area contributed by atoms with Crippen LogP contribution in [0.3, 0.4) is 0 Å². The van der Waals surface area contributed by atoms with Crippen molar-refractivity contribution in [2.45, 2.75) is 39.2 Å². The molecule has 0 spiro atoms. The first-order chi connectivity index (χ1) is 7.04. The molecule has 1 aromatic rings. The lowest BCUT2D eigenvalue weighted by atomic mass is 10.0. The Morgan fingerprint density at radius 3 is 2.80 bits per heavy atom. The van der Waals surface area contributed by atoms with Gasteiger partial charge in [-0.25, -0.2) is 0 Å². The molecule has 2 nitrogen and oxygen atoms in total. The van der Waals surface area contributed by atoms with Gasteiger partial charge in [-0.05, 0) is 57.4 Å². The first-order valence-corrected chi connectivity index (χ1v) is 5.60. The maximum atomic E-state index is 5.84. The van der Waals surface area contributed by atoms with Crippen molar-refractivity contribution in [3.05, 3.63) is 23.8 Å². The van der Waals surface area contributed by atoms with Gasteiger partial charge in [-0.3, -0.25) is 0 Å². The van der Waals surface area contributed by atoms with E-state index in [2.05, 4.69) is 38.2 Å². The van der Waals surface area contributed by atoms with E-state index in [1.54, 1.807) is 0 Å². The summed E-state index contributed by atoms with van der Waals surface area (Å²) < 4.78 is 5.84. The van der Waals surface area contributed by atoms with Gasteiger partial charge in [0.1, 0.15) is 11.4 Å². The Morgan fingerprint density at radius 1 is 1.27 bits per heavy atom. The number of anilines is 1. The first kappa shape index (κ1) is 10.3. The summed E-state index contributed by atoms with van der Waals surface area (Å²) in [6.07, 6.45) is 2.37. The molecule has 0 atom stereocenters. The van der Waals surface area contributed by atoms with Gasteiger partial charge in [0.05, 0.1) is 0 Å². The second-order valence-corrected chi connectivity index (χ2v) is 5.06. The zero-order chi connectivity index (χ0) is 10.9. The number of fused-ring (bicyclic) bond motifs is 1. The highest BCUT2D eigenvalue weighted by molar-refractivity contribution is 5.55. The molecular weight excluding hydrogens is 186 g/mol. The van der Waals surface area contributed by atoms with Gasteiger partial charge in [0.25, 0.3) is 0 Å². The third-order valence-corrected chi connectivity index (χ3v) is 2.44. The van der Waals surface area contributed by atoms with Crippen molar-refractivity contribution in [2.24, 2.45) is 0 Å². The van der Waals surface area contributed by atoms with E-state index in [1.807, 2.05) is 6.07 Å². The molecule has 0 saturated carbocycles. The van der Waals surface area contributed by atoms with Crippen LogP contribution in [0.4, 0.5) is 5.69 Å². The van der Waals surface area contributed by atoms with Crippen LogP contribution in [0.5, 0.6) is 5.75 Å². The van der Waals surface area contributed by atoms with Crippen LogP contribution in [0.2, 0.25) is 0 Å². The highest BCUT2D eigenvalue weighted by Gasteiger charge is 2.14. The van der Waals surface area contributed by atoms with E-state index in [4.69, 9.17) is 4.74 Å². The number of hydrogen-bond donors (Lipinski definition) is 1. The maximum Gasteiger partial charge on any atom is 0.120 e. The van der Waals surface area contributed by atoms with Gasteiger partial charge in [-0.2, -0.15) is 0 Å². The molecule has 0 amide bonds. The number of hydrogen-bond acceptors (Lipinski definition) is 2. The number of aryl methyl sites for hydroxylation is 1. The molecule has 1 heterocycles. The van der Waals surface area contributed by atoms with Crippen molar-refractivity contribution in [2.75, 3.05) is 11.9 Å². The minimum Gasteiger partial charge on any atom is -0.488 e. The molecular formula is C13H19NO. The molecule has 82 valence electrons. The van der Waals surface area contributed by atoms with Crippen LogP contribution < -0.4 is 10.1 Å². The number of rotatable bonds is 1. The fourth-order valence-electron chi connectivity index (χ4n) is 1.87. The standard InChI is InChI=1S/C13H19NO/c1-13(2,3)15-11-6-7-12-10(9-11)5-4-8-14-12/h6-7,9,14H,4-5,8H2,1-3H3. The molecule has 0 radical (unpaired) electrons. The summed E-state index contributed by atoms with van der Waals surface area (Å²) in [5.74, 6) is 0.977. The minimum atomic E-state index is -0.115. The van der Waals surface area contributed by atoms with Gasteiger partial charge in [-0.15, -0.1) is 0 Å². The van der Waals surface area contributed by atoms with E-state index >= 15 is 0 Å². The van der Waals surface area contributed by atoms with E-state index in [0.29, 0.717) is 0 Å². The summed E-state index contributed by atoms with van der Waals surface area (Å²) in [7, 11) is 0. The Hall–Kier alpha value is -1.18. The van der Waals surface area contributed by atoms with Gasteiger partial charge in [-0.1, -0.05) is 0 Å². The SMILES string of the molecule is CC(C)(C)Oc1ccc2c(c1)CCCN2. The van der Waals surface area contributed by atoms with Gasteiger partial charge in [0.2, 0.25) is 0 Å². The molecule has 0 aromatic heterocycles. The van der Waals surface area contributed by atoms with E-state index in [9.17, 15) is 0 Å². The summed E-state index contributed by atoms with van der Waals surface area (Å²) in [5, 5.41) is 3.40. The second-order valence-electron chi connectivity index (χ2n) is 5.06. The topological polar surface area (TPSA) is 21.3 Å². The first-order valence-electron chi connectivity index (χ1n) is 5.60. The second kappa shape index (κ2) is 3.76. The number of benzene rings is 1. The predicted molar refractivity (Wildman–Crippen MR) is 63.6 cm³/mol. The van der Waals surface area contributed by atoms with Crippen LogP contribution in [-0.4, -0.2) is 12.1 Å². The normalized spacial score (nSPS) is 15.4. The summed E-state index contributed by atoms with van der Waals surface area (Å²) in [6.45, 7) is 7.31. The lowest BCUT2D eigenvalue weighted by Crippen LogP contribution is -2.23. The quantitative estimate of drug-likeness (QED) is 0.760. The molecule has 1 aromatic carbocycles. The number of nitrogens with one attached hydrogen (secondary N) is 1. The Balaban J connectivity index is 2.21. The molecule has 0 unspecified atom stereocenters. The van der Waals surface area contributed by atoms with Crippen LogP contribution >= 0.6 is 0 Å². The third kappa shape index (κ3) is 2.65. The van der Waals surface area contributed by atoms with Gasteiger partial charge >= 0.3 is 0 Å². The largest absolute Gasteiger partial charge is 0.488 e. The Labute approximate surface area is 91.6 Å². The maximum absolute atomic E-state index is 5.84. The van der Waals surface area contributed by atoms with Gasteiger partial charge in [0, 0.05) is 12.2 Å². The molecule has 15 heavy (non-hydrogen) atoms. The average Bonchev–Trinajstić information content (AvgIpc) is 2.15. The van der Waals surface area contributed by atoms with Crippen LogP contribution in [0.25, 0.3) is 0 Å². The van der Waals surface area contributed by atoms with Crippen LogP contribution in [-0.2, 0) is 6.42 Å². The molecule has 1 N–H and O–H groups in total. The van der Waals surface area contributed by atoms with Crippen LogP contribution in [0, 0.1) is 0 Å². The highest BCUT2D eigenvalue weighted by atomic mass is 16.5. The molecule has 1 aliphatic rings. The fourth-order valence-corrected chi connectivity index (χ4v) is 1.87. The molecule has 1 aliphatic heterocycles. The highest BCUT2D eigenvalue weighted by Crippen LogP contribution is 2.28. The minimum absolute atomic E-state index is 0.115. The zero-order valence-electron chi connectivity index (χ0n) is 9.76. The molecule has 0 saturated heterocycles. The zero-order valence-corrected chi connectivity index (χ0v) is 9.76. The van der Waals surface area contributed by atoms with Crippen LogP contribution in [0.15, 0.2) is 18.2 Å². The summed E-state index contributed by atoms with van der Waals surface area (Å²) in [6, 6.07) is 6.32. The predicted octanol–water partition coefficient (Wildman–Crippen LogP) is 3.22. The van der Waals surface area contributed by atoms with Crippen LogP contribution in [0.1, 0.15) is 32.8 Å². The third-order valence-electron chi connectivity index (χ3n) is 2.44. The van der Waals surface area contributed by atoms with Crippen molar-refractivity contribution in [3.63, 3.8) is 0 Å². The van der Waals surface area contributed by atoms with Gasteiger partial charge < -0.3 is 10.1 Å².